The summed E-state index contributed by atoms with van der Waals surface area (Å²) < 4.78 is 0. The first-order chi connectivity index (χ1) is 25.1. The molecule has 278 valence electrons. The highest BCUT2D eigenvalue weighted by atomic mass is 16.4. The maximum atomic E-state index is 14.3. The van der Waals surface area contributed by atoms with Crippen LogP contribution in [0.1, 0.15) is 55.6 Å². The number of carboxylic acid groups (broad SMARTS) is 1. The van der Waals surface area contributed by atoms with Crippen molar-refractivity contribution in [3.8, 4) is 0 Å². The number of amides is 5. The average Bonchev–Trinajstić information content (AvgIpc) is 3.98. The summed E-state index contributed by atoms with van der Waals surface area (Å²) >= 11 is 0. The lowest BCUT2D eigenvalue weighted by Crippen LogP contribution is -2.59. The highest BCUT2D eigenvalue weighted by Gasteiger charge is 2.43. The third kappa shape index (κ3) is 8.14. The van der Waals surface area contributed by atoms with Crippen LogP contribution in [-0.4, -0.2) is 141 Å². The average molecular weight is 721 g/mol. The molecule has 0 aromatic carbocycles. The zero-order valence-electron chi connectivity index (χ0n) is 28.6. The summed E-state index contributed by atoms with van der Waals surface area (Å²) in [6, 6.07) is -5.97. The predicted molar refractivity (Wildman–Crippen MR) is 181 cm³/mol. The Morgan fingerprint density at radius 1 is 0.654 bits per heavy atom. The van der Waals surface area contributed by atoms with Gasteiger partial charge in [0.15, 0.2) is 0 Å². The van der Waals surface area contributed by atoms with Crippen LogP contribution in [0.3, 0.4) is 0 Å². The zero-order valence-corrected chi connectivity index (χ0v) is 28.6. The lowest BCUT2D eigenvalue weighted by molar-refractivity contribution is -0.149. The quantitative estimate of drug-likeness (QED) is 0.0980. The summed E-state index contributed by atoms with van der Waals surface area (Å²) in [5, 5.41) is 15.3. The van der Waals surface area contributed by atoms with Crippen LogP contribution in [0.2, 0.25) is 0 Å². The van der Waals surface area contributed by atoms with E-state index in [9.17, 15) is 33.9 Å². The van der Waals surface area contributed by atoms with Crippen molar-refractivity contribution in [1.29, 1.82) is 0 Å². The van der Waals surface area contributed by atoms with Gasteiger partial charge >= 0.3 is 5.97 Å². The molecule has 3 aliphatic heterocycles. The summed E-state index contributed by atoms with van der Waals surface area (Å²) in [6.07, 6.45) is 12.0. The fourth-order valence-electron chi connectivity index (χ4n) is 7.38. The summed E-state index contributed by atoms with van der Waals surface area (Å²) in [5.74, 6) is -3.66. The molecule has 19 nitrogen and oxygen atoms in total. The molecule has 5 amide bonds. The molecule has 0 unspecified atom stereocenters. The molecule has 3 aromatic heterocycles. The second-order valence-corrected chi connectivity index (χ2v) is 13.4. The number of hydrogen-bond acceptors (Lipinski definition) is 10. The molecule has 3 saturated heterocycles. The number of hydrogen-bond donors (Lipinski definition) is 7. The maximum Gasteiger partial charge on any atom is 0.326 e. The van der Waals surface area contributed by atoms with Crippen molar-refractivity contribution in [3.63, 3.8) is 0 Å². The first-order valence-corrected chi connectivity index (χ1v) is 17.5. The van der Waals surface area contributed by atoms with E-state index >= 15 is 0 Å². The number of likely N-dealkylation sites (tertiary alicyclic amines) is 3. The second kappa shape index (κ2) is 16.2. The largest absolute Gasteiger partial charge is 0.480 e. The molecule has 0 aliphatic carbocycles. The number of rotatable bonds is 14. The number of aliphatic carboxylic acids is 1. The number of carbonyl (C=O) groups is 6. The second-order valence-electron chi connectivity index (χ2n) is 13.4. The van der Waals surface area contributed by atoms with Crippen molar-refractivity contribution in [1.82, 2.24) is 55.2 Å². The molecule has 6 heterocycles. The molecule has 52 heavy (non-hydrogen) atoms. The Morgan fingerprint density at radius 2 is 1.04 bits per heavy atom. The van der Waals surface area contributed by atoms with Gasteiger partial charge in [-0.15, -0.1) is 0 Å². The maximum absolute atomic E-state index is 14.3. The molecule has 0 spiro atoms. The van der Waals surface area contributed by atoms with Crippen LogP contribution >= 0.6 is 0 Å². The number of aromatic nitrogens is 6. The van der Waals surface area contributed by atoms with Crippen LogP contribution < -0.4 is 16.4 Å². The molecule has 0 radical (unpaired) electrons. The van der Waals surface area contributed by atoms with Crippen LogP contribution in [0.15, 0.2) is 37.6 Å². The highest BCUT2D eigenvalue weighted by Crippen LogP contribution is 2.24. The predicted octanol–water partition coefficient (Wildman–Crippen LogP) is -1.76. The minimum atomic E-state index is -1.13. The molecule has 0 saturated carbocycles. The summed E-state index contributed by atoms with van der Waals surface area (Å²) in [5.41, 5.74) is 7.83. The van der Waals surface area contributed by atoms with Gasteiger partial charge in [-0.05, 0) is 38.5 Å². The minimum Gasteiger partial charge on any atom is -0.480 e. The van der Waals surface area contributed by atoms with Crippen molar-refractivity contribution in [2.75, 3.05) is 19.6 Å². The molecule has 8 N–H and O–H groups in total. The number of imidazole rings is 3. The Bertz CT molecular complexity index is 1710. The van der Waals surface area contributed by atoms with Crippen LogP contribution in [-0.2, 0) is 48.0 Å². The molecular weight excluding hydrogens is 676 g/mol. The fraction of sp³-hybridized carbons (Fsp3) is 0.545. The van der Waals surface area contributed by atoms with E-state index in [1.165, 1.54) is 33.7 Å². The number of nitrogens with zero attached hydrogens (tertiary/aromatic N) is 6. The standard InChI is InChI=1S/C33H44N12O7/c34-22(10-19-13-35-16-38-19)30(48)43-7-1-4-25(43)28(46)41-23(11-20-14-36-17-39-20)31(49)44-8-2-5-26(44)29(47)42-24(12-21-15-37-18-40-21)32(50)45-9-3-6-27(45)33(51)52/h13-18,22-27H,1-12,34H2,(H,35,38)(H,36,39)(H,37,40)(H,41,46)(H,42,47)(H,51,52)/t22-,23-,24-,25-,26-,27-/m0/s1. The van der Waals surface area contributed by atoms with Gasteiger partial charge in [-0.25, -0.2) is 19.7 Å². The lowest BCUT2D eigenvalue weighted by Gasteiger charge is -2.32. The number of nitrogens with one attached hydrogen (secondary N) is 5. The van der Waals surface area contributed by atoms with Crippen molar-refractivity contribution >= 4 is 35.5 Å². The van der Waals surface area contributed by atoms with E-state index < -0.39 is 71.8 Å². The van der Waals surface area contributed by atoms with Gasteiger partial charge in [0.05, 0.1) is 42.1 Å². The van der Waals surface area contributed by atoms with Crippen molar-refractivity contribution in [2.45, 2.75) is 94.0 Å². The van der Waals surface area contributed by atoms with Crippen molar-refractivity contribution in [2.24, 2.45) is 5.73 Å². The third-order valence-corrected chi connectivity index (χ3v) is 9.96. The number of aromatic amines is 3. The monoisotopic (exact) mass is 720 g/mol. The Kier molecular flexibility index (Phi) is 11.3. The van der Waals surface area contributed by atoms with E-state index in [0.29, 0.717) is 62.2 Å². The fourth-order valence-corrected chi connectivity index (χ4v) is 7.38. The minimum absolute atomic E-state index is 0.0113. The number of nitrogens with two attached hydrogens (primary N) is 1. The number of carbonyl (C=O) groups excluding carboxylic acids is 5. The van der Waals surface area contributed by atoms with Crippen LogP contribution in [0.25, 0.3) is 0 Å². The van der Waals surface area contributed by atoms with E-state index in [4.69, 9.17) is 5.73 Å². The van der Waals surface area contributed by atoms with Gasteiger partial charge in [0, 0.05) is 57.5 Å². The van der Waals surface area contributed by atoms with Gasteiger partial charge < -0.3 is 51.1 Å². The van der Waals surface area contributed by atoms with Gasteiger partial charge in [0.1, 0.15) is 30.2 Å². The van der Waals surface area contributed by atoms with Gasteiger partial charge in [-0.3, -0.25) is 24.0 Å². The Labute approximate surface area is 298 Å². The van der Waals surface area contributed by atoms with Crippen molar-refractivity contribution < 1.29 is 33.9 Å². The zero-order chi connectivity index (χ0) is 36.8. The van der Waals surface area contributed by atoms with Gasteiger partial charge in [-0.1, -0.05) is 0 Å². The van der Waals surface area contributed by atoms with Gasteiger partial charge in [0.25, 0.3) is 0 Å². The van der Waals surface area contributed by atoms with Crippen LogP contribution in [0.4, 0.5) is 0 Å². The molecule has 0 bridgehead atoms. The van der Waals surface area contributed by atoms with Crippen molar-refractivity contribution in [3.05, 3.63) is 54.7 Å². The third-order valence-electron chi connectivity index (χ3n) is 9.96. The highest BCUT2D eigenvalue weighted by molar-refractivity contribution is 5.97. The molecular formula is C33H44N12O7. The number of carboxylic acids is 1. The van der Waals surface area contributed by atoms with E-state index in [0.717, 1.165) is 0 Å². The molecule has 3 aromatic rings. The smallest absolute Gasteiger partial charge is 0.326 e. The van der Waals surface area contributed by atoms with Gasteiger partial charge in [-0.2, -0.15) is 0 Å². The van der Waals surface area contributed by atoms with E-state index in [-0.39, 0.29) is 32.4 Å². The lowest BCUT2D eigenvalue weighted by atomic mass is 10.1. The Hall–Kier alpha value is -5.59. The molecule has 3 aliphatic rings. The van der Waals surface area contributed by atoms with E-state index in [1.807, 2.05) is 0 Å². The normalized spacial score (nSPS) is 21.9. The molecule has 6 atom stereocenters. The summed E-state index contributed by atoms with van der Waals surface area (Å²) in [4.78, 5) is 106. The summed E-state index contributed by atoms with van der Waals surface area (Å²) in [6.45, 7) is 0.802. The molecule has 6 rings (SSSR count). The van der Waals surface area contributed by atoms with Gasteiger partial charge in [0.2, 0.25) is 29.5 Å². The molecule has 19 heteroatoms. The topological polar surface area (TPSA) is 268 Å². The van der Waals surface area contributed by atoms with E-state index in [2.05, 4.69) is 40.5 Å². The van der Waals surface area contributed by atoms with Crippen LogP contribution in [0, 0.1) is 0 Å². The Morgan fingerprint density at radius 3 is 1.44 bits per heavy atom. The van der Waals surface area contributed by atoms with Crippen LogP contribution in [0.5, 0.6) is 0 Å². The first-order valence-electron chi connectivity index (χ1n) is 17.5. The van der Waals surface area contributed by atoms with E-state index in [1.54, 1.807) is 18.6 Å². The first kappa shape index (κ1) is 36.2. The Balaban J connectivity index is 1.16. The number of H-pyrrole nitrogens is 3. The summed E-state index contributed by atoms with van der Waals surface area (Å²) in [7, 11) is 0. The SMILES string of the molecule is N[C@@H](Cc1c[nH]cn1)C(=O)N1CCC[C@H]1C(=O)N[C@@H](Cc1c[nH]cn1)C(=O)N1CCC[C@H]1C(=O)N[C@@H](Cc1c[nH]cn1)C(=O)N1CCC[C@H]1C(=O)O. The molecule has 3 fully saturated rings.